The van der Waals surface area contributed by atoms with Gasteiger partial charge in [-0.3, -0.25) is 14.9 Å². The van der Waals surface area contributed by atoms with Crippen LogP contribution in [0, 0.1) is 13.8 Å². The van der Waals surface area contributed by atoms with Crippen LogP contribution < -0.4 is 25.4 Å². The first-order valence-corrected chi connectivity index (χ1v) is 16.1. The maximum atomic E-state index is 5.79. The summed E-state index contributed by atoms with van der Waals surface area (Å²) < 4.78 is 12.5. The van der Waals surface area contributed by atoms with Crippen molar-refractivity contribution in [3.8, 4) is 11.5 Å². The first-order chi connectivity index (χ1) is 20.4. The number of aryl methyl sites for hydroxylation is 2. The van der Waals surface area contributed by atoms with Gasteiger partial charge in [0.2, 0.25) is 0 Å². The maximum Gasteiger partial charge on any atom is 0.137 e. The second kappa shape index (κ2) is 16.7. The topological polar surface area (TPSA) is 83.6 Å². The van der Waals surface area contributed by atoms with Gasteiger partial charge in [0.05, 0.1) is 13.2 Å². The molecular formula is C33H47BrN6O2. The van der Waals surface area contributed by atoms with E-state index in [1.165, 1.54) is 29.8 Å². The molecule has 4 heterocycles. The van der Waals surface area contributed by atoms with Crippen molar-refractivity contribution >= 4 is 27.3 Å². The number of hydrogen-bond donors (Lipinski definition) is 3. The molecule has 0 atom stereocenters. The summed E-state index contributed by atoms with van der Waals surface area (Å²) in [6.45, 7) is 14.6. The van der Waals surface area contributed by atoms with Gasteiger partial charge in [-0.25, -0.2) is 0 Å². The van der Waals surface area contributed by atoms with Gasteiger partial charge in [-0.2, -0.15) is 0 Å². The highest BCUT2D eigenvalue weighted by Crippen LogP contribution is 2.36. The highest BCUT2D eigenvalue weighted by Gasteiger charge is 2.20. The Bertz CT molecular complexity index is 1220. The third-order valence-corrected chi connectivity index (χ3v) is 8.31. The van der Waals surface area contributed by atoms with Crippen molar-refractivity contribution in [1.29, 1.82) is 0 Å². The number of piperidine rings is 2. The molecule has 0 aliphatic carbocycles. The first kappa shape index (κ1) is 32.0. The van der Waals surface area contributed by atoms with Gasteiger partial charge in [0.1, 0.15) is 16.0 Å². The maximum absolute atomic E-state index is 5.79. The number of halogens is 1. The first-order valence-electron chi connectivity index (χ1n) is 15.3. The average Bonchev–Trinajstić information content (AvgIpc) is 2.98. The molecule has 3 aromatic rings. The lowest BCUT2D eigenvalue weighted by molar-refractivity contribution is 0.210. The third kappa shape index (κ3) is 10.1. The third-order valence-electron chi connectivity index (χ3n) is 7.53. The Morgan fingerprint density at radius 1 is 0.810 bits per heavy atom. The summed E-state index contributed by atoms with van der Waals surface area (Å²) in [5.41, 5.74) is 5.72. The highest BCUT2D eigenvalue weighted by molar-refractivity contribution is 9.10. The number of pyridine rings is 2. The fraction of sp³-hybridized carbons (Fsp3) is 0.515. The fourth-order valence-corrected chi connectivity index (χ4v) is 5.90. The number of rotatable bonds is 10. The van der Waals surface area contributed by atoms with Crippen molar-refractivity contribution in [3.05, 3.63) is 70.2 Å². The van der Waals surface area contributed by atoms with Crippen LogP contribution >= 0.6 is 15.9 Å². The molecule has 3 N–H and O–H groups in total. The van der Waals surface area contributed by atoms with E-state index in [0.717, 1.165) is 72.9 Å². The van der Waals surface area contributed by atoms with Crippen LogP contribution in [-0.4, -0.2) is 66.3 Å². The van der Waals surface area contributed by atoms with E-state index in [1.54, 1.807) is 0 Å². The van der Waals surface area contributed by atoms with Gasteiger partial charge in [-0.15, -0.1) is 0 Å². The zero-order chi connectivity index (χ0) is 29.7. The zero-order valence-corrected chi connectivity index (χ0v) is 27.2. The molecule has 0 amide bonds. The highest BCUT2D eigenvalue weighted by atomic mass is 79.9. The number of nitrogens with zero attached hydrogens (tertiary/aromatic N) is 3. The lowest BCUT2D eigenvalue weighted by atomic mass is 10.0. The summed E-state index contributed by atoms with van der Waals surface area (Å²) in [7, 11) is 0. The molecule has 2 aromatic heterocycles. The van der Waals surface area contributed by atoms with Gasteiger partial charge in [0.15, 0.2) is 0 Å². The van der Waals surface area contributed by atoms with E-state index in [4.69, 9.17) is 9.47 Å². The number of likely N-dealkylation sites (tertiary alicyclic amines) is 1. The van der Waals surface area contributed by atoms with E-state index in [1.807, 2.05) is 52.2 Å². The van der Waals surface area contributed by atoms with Crippen molar-refractivity contribution < 1.29 is 9.47 Å². The molecule has 2 saturated heterocycles. The van der Waals surface area contributed by atoms with Crippen molar-refractivity contribution in [2.45, 2.75) is 72.0 Å². The van der Waals surface area contributed by atoms with Crippen LogP contribution in [0.1, 0.15) is 56.5 Å². The molecular weight excluding hydrogens is 592 g/mol. The normalized spacial score (nSPS) is 16.3. The van der Waals surface area contributed by atoms with Crippen molar-refractivity contribution in [2.24, 2.45) is 0 Å². The summed E-state index contributed by atoms with van der Waals surface area (Å²) in [6.07, 6.45) is 8.41. The molecule has 8 nitrogen and oxygen atoms in total. The van der Waals surface area contributed by atoms with E-state index in [2.05, 4.69) is 71.0 Å². The van der Waals surface area contributed by atoms with E-state index in [9.17, 15) is 0 Å². The van der Waals surface area contributed by atoms with Crippen LogP contribution in [0.3, 0.4) is 0 Å². The SMILES string of the molecule is CCOc1cc(CN2CCC(Nc3ccnc(C)c3)CC2)cc(OCC)c1Br.Cc1cc(NC2CCNCC2)ccn1. The number of benzene rings is 1. The molecule has 0 unspecified atom stereocenters. The monoisotopic (exact) mass is 638 g/mol. The van der Waals surface area contributed by atoms with E-state index in [0.29, 0.717) is 25.3 Å². The predicted octanol–water partition coefficient (Wildman–Crippen LogP) is 6.58. The average molecular weight is 640 g/mol. The van der Waals surface area contributed by atoms with Crippen LogP contribution in [0.15, 0.2) is 53.3 Å². The summed E-state index contributed by atoms with van der Waals surface area (Å²) in [4.78, 5) is 11.0. The molecule has 9 heteroatoms. The summed E-state index contributed by atoms with van der Waals surface area (Å²) in [5, 5.41) is 10.6. The number of aromatic nitrogens is 2. The summed E-state index contributed by atoms with van der Waals surface area (Å²) >= 11 is 3.61. The standard InChI is InChI=1S/C22H30BrN3O2.C11H17N3/c1-4-27-20-13-17(14-21(22(20)23)28-5-2)15-26-10-7-18(8-11-26)25-19-6-9-24-16(3)12-19;1-9-8-11(4-7-13-9)14-10-2-5-12-6-3-10/h6,9,12-14,18H,4-5,7-8,10-11,15H2,1-3H3,(H,24,25);4,7-8,10,12H,2-3,5-6H2,1H3,(H,13,14). The van der Waals surface area contributed by atoms with Crippen LogP contribution in [0.2, 0.25) is 0 Å². The van der Waals surface area contributed by atoms with Gasteiger partial charge in [-0.05, 0) is 124 Å². The second-order valence-electron chi connectivity index (χ2n) is 11.0. The smallest absolute Gasteiger partial charge is 0.137 e. The Labute approximate surface area is 260 Å². The molecule has 228 valence electrons. The molecule has 5 rings (SSSR count). The predicted molar refractivity (Wildman–Crippen MR) is 176 cm³/mol. The Hall–Kier alpha value is -2.88. The molecule has 42 heavy (non-hydrogen) atoms. The fourth-order valence-electron chi connectivity index (χ4n) is 5.44. The van der Waals surface area contributed by atoms with E-state index < -0.39 is 0 Å². The largest absolute Gasteiger partial charge is 0.493 e. The minimum absolute atomic E-state index is 0.515. The van der Waals surface area contributed by atoms with E-state index in [-0.39, 0.29) is 0 Å². The molecule has 0 spiro atoms. The lowest BCUT2D eigenvalue weighted by Crippen LogP contribution is -2.38. The van der Waals surface area contributed by atoms with Gasteiger partial charge >= 0.3 is 0 Å². The minimum Gasteiger partial charge on any atom is -0.493 e. The van der Waals surface area contributed by atoms with Crippen LogP contribution in [-0.2, 0) is 6.54 Å². The molecule has 2 aliphatic heterocycles. The van der Waals surface area contributed by atoms with Gasteiger partial charge in [-0.1, -0.05) is 0 Å². The molecule has 0 saturated carbocycles. The number of hydrogen-bond acceptors (Lipinski definition) is 8. The Kier molecular flexibility index (Phi) is 12.7. The quantitative estimate of drug-likeness (QED) is 0.230. The van der Waals surface area contributed by atoms with Crippen molar-refractivity contribution in [3.63, 3.8) is 0 Å². The van der Waals surface area contributed by atoms with Crippen molar-refractivity contribution in [2.75, 3.05) is 50.0 Å². The summed E-state index contributed by atoms with van der Waals surface area (Å²) in [6, 6.07) is 13.7. The number of nitrogens with one attached hydrogen (secondary N) is 3. The molecule has 2 aliphatic rings. The van der Waals surface area contributed by atoms with Gasteiger partial charge in [0.25, 0.3) is 0 Å². The van der Waals surface area contributed by atoms with Crippen LogP contribution in [0.5, 0.6) is 11.5 Å². The second-order valence-corrected chi connectivity index (χ2v) is 11.8. The molecule has 1 aromatic carbocycles. The van der Waals surface area contributed by atoms with Gasteiger partial charge in [0, 0.05) is 66.9 Å². The molecule has 0 bridgehead atoms. The minimum atomic E-state index is 0.515. The number of ether oxygens (including phenoxy) is 2. The van der Waals surface area contributed by atoms with Gasteiger partial charge < -0.3 is 25.4 Å². The lowest BCUT2D eigenvalue weighted by Gasteiger charge is -2.33. The van der Waals surface area contributed by atoms with Crippen LogP contribution in [0.25, 0.3) is 0 Å². The summed E-state index contributed by atoms with van der Waals surface area (Å²) in [5.74, 6) is 1.71. The van der Waals surface area contributed by atoms with Crippen molar-refractivity contribution in [1.82, 2.24) is 20.2 Å². The molecule has 0 radical (unpaired) electrons. The number of anilines is 2. The Morgan fingerprint density at radius 3 is 1.79 bits per heavy atom. The van der Waals surface area contributed by atoms with E-state index >= 15 is 0 Å². The van der Waals surface area contributed by atoms with Crippen LogP contribution in [0.4, 0.5) is 11.4 Å². The molecule has 2 fully saturated rings. The zero-order valence-electron chi connectivity index (χ0n) is 25.6. The Morgan fingerprint density at radius 2 is 1.31 bits per heavy atom. The Balaban J connectivity index is 0.000000241.